The molecule has 0 saturated heterocycles. The molecule has 1 N–H and O–H groups in total. The van der Waals surface area contributed by atoms with E-state index in [9.17, 15) is 4.79 Å². The first-order valence-corrected chi connectivity index (χ1v) is 7.09. The van der Waals surface area contributed by atoms with Gasteiger partial charge in [0, 0.05) is 18.9 Å². The van der Waals surface area contributed by atoms with Crippen molar-refractivity contribution in [2.24, 2.45) is 5.92 Å². The second-order valence-corrected chi connectivity index (χ2v) is 5.24. The van der Waals surface area contributed by atoms with Gasteiger partial charge in [-0.3, -0.25) is 4.79 Å². The number of hydrogen-bond donors (Lipinski definition) is 1. The van der Waals surface area contributed by atoms with Gasteiger partial charge in [0.15, 0.2) is 11.5 Å². The number of carbonyl (C=O) groups is 1. The number of fused-ring (bicyclic) bond motifs is 1. The van der Waals surface area contributed by atoms with Crippen LogP contribution in [0.4, 0.5) is 0 Å². The Balaban J connectivity index is 1.68. The number of carbonyl (C=O) groups excluding carboxylic acids is 1. The molecule has 1 aliphatic rings. The van der Waals surface area contributed by atoms with Crippen LogP contribution >= 0.6 is 0 Å². The molecule has 22 heavy (non-hydrogen) atoms. The highest BCUT2D eigenvalue weighted by Crippen LogP contribution is 2.27. The van der Waals surface area contributed by atoms with E-state index in [0.29, 0.717) is 35.5 Å². The smallest absolute Gasteiger partial charge is 0.271 e. The largest absolute Gasteiger partial charge is 0.350 e. The zero-order valence-corrected chi connectivity index (χ0v) is 11.7. The van der Waals surface area contributed by atoms with Crippen molar-refractivity contribution in [1.29, 1.82) is 0 Å². The summed E-state index contributed by atoms with van der Waals surface area (Å²) in [6.45, 7) is 0.704. The highest BCUT2D eigenvalue weighted by molar-refractivity contribution is 5.92. The van der Waals surface area contributed by atoms with Gasteiger partial charge in [0.05, 0.1) is 0 Å². The third kappa shape index (κ3) is 2.39. The molecule has 1 fully saturated rings. The van der Waals surface area contributed by atoms with Crippen molar-refractivity contribution in [2.45, 2.75) is 12.8 Å². The van der Waals surface area contributed by atoms with E-state index < -0.39 is 0 Å². The van der Waals surface area contributed by atoms with Crippen LogP contribution in [-0.4, -0.2) is 42.2 Å². The molecule has 0 aromatic carbocycles. The summed E-state index contributed by atoms with van der Waals surface area (Å²) in [5.74, 6) is 1.25. The van der Waals surface area contributed by atoms with Crippen molar-refractivity contribution < 1.29 is 4.79 Å². The molecule has 0 radical (unpaired) electrons. The van der Waals surface area contributed by atoms with Crippen LogP contribution < -0.4 is 5.32 Å². The lowest BCUT2D eigenvalue weighted by Crippen LogP contribution is -2.27. The van der Waals surface area contributed by atoms with Crippen LogP contribution in [0.3, 0.4) is 0 Å². The first-order valence-electron chi connectivity index (χ1n) is 7.09. The molecule has 0 atom stereocenters. The molecule has 4 rings (SSSR count). The first kappa shape index (κ1) is 12.8. The van der Waals surface area contributed by atoms with Crippen LogP contribution in [0, 0.1) is 5.92 Å². The normalized spacial score (nSPS) is 14.2. The van der Waals surface area contributed by atoms with Crippen LogP contribution in [-0.2, 0) is 0 Å². The summed E-state index contributed by atoms with van der Waals surface area (Å²) < 4.78 is 1.49. The molecule has 3 aromatic rings. The monoisotopic (exact) mass is 295 g/mol. The van der Waals surface area contributed by atoms with E-state index >= 15 is 0 Å². The van der Waals surface area contributed by atoms with Crippen molar-refractivity contribution in [1.82, 2.24) is 35.1 Å². The molecule has 1 aliphatic carbocycles. The van der Waals surface area contributed by atoms with E-state index in [-0.39, 0.29) is 5.91 Å². The fourth-order valence-electron chi connectivity index (χ4n) is 2.11. The van der Waals surface area contributed by atoms with Gasteiger partial charge in [-0.25, -0.2) is 9.97 Å². The average Bonchev–Trinajstić information content (AvgIpc) is 3.30. The van der Waals surface area contributed by atoms with Crippen LogP contribution in [0.5, 0.6) is 0 Å². The Labute approximate surface area is 125 Å². The van der Waals surface area contributed by atoms with Gasteiger partial charge in [-0.1, -0.05) is 0 Å². The molecular weight excluding hydrogens is 282 g/mol. The number of rotatable bonds is 4. The maximum atomic E-state index is 12.1. The van der Waals surface area contributed by atoms with Gasteiger partial charge >= 0.3 is 0 Å². The summed E-state index contributed by atoms with van der Waals surface area (Å²) in [7, 11) is 0. The molecule has 8 nitrogen and oxygen atoms in total. The minimum Gasteiger partial charge on any atom is -0.350 e. The number of hydrogen-bond acceptors (Lipinski definition) is 6. The van der Waals surface area contributed by atoms with E-state index in [0.717, 1.165) is 0 Å². The molecule has 0 bridgehead atoms. The zero-order valence-electron chi connectivity index (χ0n) is 11.7. The van der Waals surface area contributed by atoms with E-state index in [1.807, 2.05) is 0 Å². The van der Waals surface area contributed by atoms with E-state index in [1.165, 1.54) is 17.4 Å². The highest BCUT2D eigenvalue weighted by atomic mass is 16.1. The van der Waals surface area contributed by atoms with Crippen molar-refractivity contribution in [2.75, 3.05) is 6.54 Å². The molecule has 110 valence electrons. The summed E-state index contributed by atoms with van der Waals surface area (Å²) in [6, 6.07) is 5.07. The second kappa shape index (κ2) is 5.14. The Bertz CT molecular complexity index is 826. The molecule has 1 amide bonds. The Kier molecular flexibility index (Phi) is 2.99. The average molecular weight is 295 g/mol. The standard InChI is InChI=1S/C14H13N7O/c22-14(17-8-9-2-3-9)10-4-5-11-18-19-13(21(11)20-10)12-15-6-1-7-16-12/h1,4-7,9H,2-3,8H2,(H,17,22). The minimum atomic E-state index is -0.192. The molecule has 8 heteroatoms. The molecule has 3 aromatic heterocycles. The third-order valence-corrected chi connectivity index (χ3v) is 3.51. The van der Waals surface area contributed by atoms with Gasteiger partial charge in [0.2, 0.25) is 5.82 Å². The maximum absolute atomic E-state index is 12.1. The number of nitrogens with one attached hydrogen (secondary N) is 1. The fraction of sp³-hybridized carbons (Fsp3) is 0.286. The van der Waals surface area contributed by atoms with Crippen LogP contribution in [0.2, 0.25) is 0 Å². The van der Waals surface area contributed by atoms with Crippen LogP contribution in [0.25, 0.3) is 17.3 Å². The molecule has 3 heterocycles. The van der Waals surface area contributed by atoms with Crippen LogP contribution in [0.15, 0.2) is 30.6 Å². The van der Waals surface area contributed by atoms with Gasteiger partial charge in [-0.05, 0) is 37.0 Å². The second-order valence-electron chi connectivity index (χ2n) is 5.24. The van der Waals surface area contributed by atoms with Gasteiger partial charge in [0.25, 0.3) is 5.91 Å². The Hall–Kier alpha value is -2.90. The third-order valence-electron chi connectivity index (χ3n) is 3.51. The lowest BCUT2D eigenvalue weighted by molar-refractivity contribution is 0.0945. The van der Waals surface area contributed by atoms with Crippen molar-refractivity contribution in [3.05, 3.63) is 36.3 Å². The van der Waals surface area contributed by atoms with E-state index in [4.69, 9.17) is 0 Å². The summed E-state index contributed by atoms with van der Waals surface area (Å²) in [5, 5.41) is 15.3. The lowest BCUT2D eigenvalue weighted by atomic mass is 10.3. The Morgan fingerprint density at radius 1 is 1.23 bits per heavy atom. The molecular formula is C14H13N7O. The predicted molar refractivity (Wildman–Crippen MR) is 76.9 cm³/mol. The lowest BCUT2D eigenvalue weighted by Gasteiger charge is -2.04. The summed E-state index contributed by atoms with van der Waals surface area (Å²) in [5.41, 5.74) is 0.867. The molecule has 0 aliphatic heterocycles. The number of amides is 1. The molecule has 1 saturated carbocycles. The number of aromatic nitrogens is 6. The van der Waals surface area contributed by atoms with Gasteiger partial charge < -0.3 is 5.32 Å². The van der Waals surface area contributed by atoms with Gasteiger partial charge in [0.1, 0.15) is 5.69 Å². The van der Waals surface area contributed by atoms with E-state index in [2.05, 4.69) is 30.6 Å². The van der Waals surface area contributed by atoms with Crippen molar-refractivity contribution >= 4 is 11.6 Å². The van der Waals surface area contributed by atoms with Gasteiger partial charge in [-0.2, -0.15) is 9.61 Å². The first-order chi connectivity index (χ1) is 10.8. The molecule has 0 unspecified atom stereocenters. The quantitative estimate of drug-likeness (QED) is 0.761. The predicted octanol–water partition coefficient (Wildman–Crippen LogP) is 0.721. The van der Waals surface area contributed by atoms with Crippen molar-refractivity contribution in [3.8, 4) is 11.6 Å². The number of nitrogens with zero attached hydrogens (tertiary/aromatic N) is 6. The minimum absolute atomic E-state index is 0.192. The fourth-order valence-corrected chi connectivity index (χ4v) is 2.11. The summed E-state index contributed by atoms with van der Waals surface area (Å²) in [4.78, 5) is 20.4. The SMILES string of the molecule is O=C(NCC1CC1)c1ccc2nnc(-c3ncccn3)n2n1. The topological polar surface area (TPSA) is 98.0 Å². The maximum Gasteiger partial charge on any atom is 0.271 e. The van der Waals surface area contributed by atoms with E-state index in [1.54, 1.807) is 30.6 Å². The summed E-state index contributed by atoms with van der Waals surface area (Å²) in [6.07, 6.45) is 5.62. The zero-order chi connectivity index (χ0) is 14.9. The van der Waals surface area contributed by atoms with Gasteiger partial charge in [-0.15, -0.1) is 10.2 Å². The molecule has 0 spiro atoms. The highest BCUT2D eigenvalue weighted by Gasteiger charge is 2.22. The van der Waals surface area contributed by atoms with Crippen molar-refractivity contribution in [3.63, 3.8) is 0 Å². The summed E-state index contributed by atoms with van der Waals surface area (Å²) >= 11 is 0. The Morgan fingerprint density at radius 2 is 2.05 bits per heavy atom. The Morgan fingerprint density at radius 3 is 2.82 bits per heavy atom. The van der Waals surface area contributed by atoms with Crippen LogP contribution in [0.1, 0.15) is 23.3 Å².